The Balaban J connectivity index is 2.28. The summed E-state index contributed by atoms with van der Waals surface area (Å²) in [5.41, 5.74) is 0. The lowest BCUT2D eigenvalue weighted by atomic mass is 9.81. The van der Waals surface area contributed by atoms with Crippen LogP contribution in [0, 0.1) is 11.8 Å². The Morgan fingerprint density at radius 3 is 2.27 bits per heavy atom. The molecule has 0 aliphatic heterocycles. The summed E-state index contributed by atoms with van der Waals surface area (Å²) in [6.45, 7) is 1.82. The van der Waals surface area contributed by atoms with Crippen molar-refractivity contribution in [3.63, 3.8) is 0 Å². The molecule has 0 aromatic carbocycles. The van der Waals surface area contributed by atoms with Crippen LogP contribution in [0.5, 0.6) is 0 Å². The predicted octanol–water partition coefficient (Wildman–Crippen LogP) is 2.22. The number of carboxylic acids is 1. The fourth-order valence-corrected chi connectivity index (χ4v) is 2.50. The Morgan fingerprint density at radius 2 is 1.87 bits per heavy atom. The molecule has 0 aromatic rings. The summed E-state index contributed by atoms with van der Waals surface area (Å²) in [5.74, 6) is -0.192. The Hall–Kier alpha value is -0.570. The molecule has 1 fully saturated rings. The molecule has 1 unspecified atom stereocenters. The summed E-state index contributed by atoms with van der Waals surface area (Å²) >= 11 is 0. The first-order valence-electron chi connectivity index (χ1n) is 5.90. The van der Waals surface area contributed by atoms with Gasteiger partial charge >= 0.3 is 5.97 Å². The monoisotopic (exact) mass is 213 g/mol. The van der Waals surface area contributed by atoms with E-state index in [4.69, 9.17) is 5.11 Å². The van der Waals surface area contributed by atoms with Crippen LogP contribution in [0.3, 0.4) is 0 Å². The third kappa shape index (κ3) is 3.82. The maximum atomic E-state index is 10.7. The highest BCUT2D eigenvalue weighted by Crippen LogP contribution is 2.30. The largest absolute Gasteiger partial charge is 0.481 e. The van der Waals surface area contributed by atoms with Gasteiger partial charge in [-0.15, -0.1) is 0 Å². The number of rotatable bonds is 4. The third-order valence-electron chi connectivity index (χ3n) is 3.66. The fourth-order valence-electron chi connectivity index (χ4n) is 2.50. The van der Waals surface area contributed by atoms with Crippen LogP contribution in [-0.4, -0.2) is 36.1 Å². The van der Waals surface area contributed by atoms with Crippen LogP contribution in [0.2, 0.25) is 0 Å². The summed E-state index contributed by atoms with van der Waals surface area (Å²) in [4.78, 5) is 13.0. The van der Waals surface area contributed by atoms with Crippen molar-refractivity contribution in [2.75, 3.05) is 14.1 Å². The van der Waals surface area contributed by atoms with Crippen molar-refractivity contribution in [3.05, 3.63) is 0 Å². The molecular formula is C12H23NO2. The van der Waals surface area contributed by atoms with Crippen LogP contribution in [0.25, 0.3) is 0 Å². The molecule has 88 valence electrons. The van der Waals surface area contributed by atoms with E-state index in [-0.39, 0.29) is 5.92 Å². The predicted molar refractivity (Wildman–Crippen MR) is 60.8 cm³/mol. The van der Waals surface area contributed by atoms with Gasteiger partial charge in [0.05, 0.1) is 5.92 Å². The van der Waals surface area contributed by atoms with Gasteiger partial charge in [0.1, 0.15) is 0 Å². The number of carbonyl (C=O) groups is 1. The smallest absolute Gasteiger partial charge is 0.306 e. The quantitative estimate of drug-likeness (QED) is 0.778. The molecule has 0 saturated heterocycles. The summed E-state index contributed by atoms with van der Waals surface area (Å²) in [7, 11) is 4.26. The second-order valence-electron chi connectivity index (χ2n) is 5.11. The lowest BCUT2D eigenvalue weighted by Crippen LogP contribution is -2.32. The molecule has 0 radical (unpaired) electrons. The van der Waals surface area contributed by atoms with Gasteiger partial charge in [0.2, 0.25) is 0 Å². The Bertz CT molecular complexity index is 208. The van der Waals surface area contributed by atoms with Crippen LogP contribution in [0.15, 0.2) is 0 Å². The summed E-state index contributed by atoms with van der Waals surface area (Å²) in [6.07, 6.45) is 5.70. The number of carboxylic acid groups (broad SMARTS) is 1. The topological polar surface area (TPSA) is 40.5 Å². The standard InChI is InChI=1S/C12H23NO2/c1-9(12(14)15)8-10-4-6-11(7-5-10)13(2)3/h9-11H,4-8H2,1-3H3,(H,14,15). The minimum absolute atomic E-state index is 0.175. The zero-order chi connectivity index (χ0) is 11.4. The first-order valence-corrected chi connectivity index (χ1v) is 5.90. The minimum atomic E-state index is -0.648. The Kier molecular flexibility index (Phi) is 4.58. The van der Waals surface area contributed by atoms with Gasteiger partial charge in [0.15, 0.2) is 0 Å². The normalized spacial score (nSPS) is 29.1. The van der Waals surface area contributed by atoms with Crippen LogP contribution in [-0.2, 0) is 4.79 Å². The Morgan fingerprint density at radius 1 is 1.33 bits per heavy atom. The molecule has 3 nitrogen and oxygen atoms in total. The van der Waals surface area contributed by atoms with E-state index in [1.807, 2.05) is 6.92 Å². The van der Waals surface area contributed by atoms with Crippen LogP contribution < -0.4 is 0 Å². The van der Waals surface area contributed by atoms with Crippen molar-refractivity contribution < 1.29 is 9.90 Å². The maximum Gasteiger partial charge on any atom is 0.306 e. The first kappa shape index (κ1) is 12.5. The molecule has 0 heterocycles. The molecule has 0 aromatic heterocycles. The van der Waals surface area contributed by atoms with E-state index < -0.39 is 5.97 Å². The van der Waals surface area contributed by atoms with Crippen LogP contribution >= 0.6 is 0 Å². The molecule has 3 heteroatoms. The molecule has 0 spiro atoms. The first-order chi connectivity index (χ1) is 7.00. The molecule has 1 aliphatic carbocycles. The van der Waals surface area contributed by atoms with Crippen molar-refractivity contribution >= 4 is 5.97 Å². The number of aliphatic carboxylic acids is 1. The highest BCUT2D eigenvalue weighted by Gasteiger charge is 2.25. The summed E-state index contributed by atoms with van der Waals surface area (Å²) in [6, 6.07) is 0.710. The van der Waals surface area contributed by atoms with Crippen molar-refractivity contribution in [2.45, 2.75) is 45.1 Å². The van der Waals surface area contributed by atoms with Gasteiger partial charge in [-0.05, 0) is 52.1 Å². The molecule has 1 aliphatic rings. The zero-order valence-corrected chi connectivity index (χ0v) is 10.1. The average Bonchev–Trinajstić information content (AvgIpc) is 2.18. The van der Waals surface area contributed by atoms with E-state index >= 15 is 0 Å². The molecule has 15 heavy (non-hydrogen) atoms. The van der Waals surface area contributed by atoms with Crippen LogP contribution in [0.4, 0.5) is 0 Å². The molecule has 1 N–H and O–H groups in total. The summed E-state index contributed by atoms with van der Waals surface area (Å²) < 4.78 is 0. The highest BCUT2D eigenvalue weighted by atomic mass is 16.4. The van der Waals surface area contributed by atoms with Crippen molar-refractivity contribution in [1.29, 1.82) is 0 Å². The van der Waals surface area contributed by atoms with Gasteiger partial charge in [-0.25, -0.2) is 0 Å². The van der Waals surface area contributed by atoms with Crippen molar-refractivity contribution in [3.8, 4) is 0 Å². The fraction of sp³-hybridized carbons (Fsp3) is 0.917. The van der Waals surface area contributed by atoms with Crippen molar-refractivity contribution in [2.24, 2.45) is 11.8 Å². The van der Waals surface area contributed by atoms with Gasteiger partial charge in [0.25, 0.3) is 0 Å². The highest BCUT2D eigenvalue weighted by molar-refractivity contribution is 5.69. The van der Waals surface area contributed by atoms with Crippen LogP contribution in [0.1, 0.15) is 39.0 Å². The molecule has 1 saturated carbocycles. The van der Waals surface area contributed by atoms with E-state index in [1.165, 1.54) is 25.7 Å². The second-order valence-corrected chi connectivity index (χ2v) is 5.11. The molecule has 1 atom stereocenters. The average molecular weight is 213 g/mol. The van der Waals surface area contributed by atoms with E-state index in [0.717, 1.165) is 6.42 Å². The lowest BCUT2D eigenvalue weighted by molar-refractivity contribution is -0.141. The second kappa shape index (κ2) is 5.50. The Labute approximate surface area is 92.5 Å². The van der Waals surface area contributed by atoms with Gasteiger partial charge in [-0.1, -0.05) is 6.92 Å². The minimum Gasteiger partial charge on any atom is -0.481 e. The SMILES string of the molecule is CC(CC1CCC(N(C)C)CC1)C(=O)O. The van der Waals surface area contributed by atoms with Gasteiger partial charge in [-0.3, -0.25) is 4.79 Å². The van der Waals surface area contributed by atoms with E-state index in [2.05, 4.69) is 19.0 Å². The van der Waals surface area contributed by atoms with Crippen molar-refractivity contribution in [1.82, 2.24) is 4.90 Å². The van der Waals surface area contributed by atoms with Gasteiger partial charge < -0.3 is 10.0 Å². The molecular weight excluding hydrogens is 190 g/mol. The third-order valence-corrected chi connectivity index (χ3v) is 3.66. The number of hydrogen-bond donors (Lipinski definition) is 1. The lowest BCUT2D eigenvalue weighted by Gasteiger charge is -2.33. The number of nitrogens with zero attached hydrogens (tertiary/aromatic N) is 1. The molecule has 0 amide bonds. The van der Waals surface area contributed by atoms with Gasteiger partial charge in [0, 0.05) is 6.04 Å². The summed E-state index contributed by atoms with van der Waals surface area (Å²) in [5, 5.41) is 8.84. The zero-order valence-electron chi connectivity index (χ0n) is 10.1. The number of hydrogen-bond acceptors (Lipinski definition) is 2. The molecule has 1 rings (SSSR count). The molecule has 0 bridgehead atoms. The van der Waals surface area contributed by atoms with E-state index in [9.17, 15) is 4.79 Å². The van der Waals surface area contributed by atoms with Gasteiger partial charge in [-0.2, -0.15) is 0 Å². The van der Waals surface area contributed by atoms with E-state index in [0.29, 0.717) is 12.0 Å². The van der Waals surface area contributed by atoms with E-state index in [1.54, 1.807) is 0 Å². The maximum absolute atomic E-state index is 10.7.